The number of hydrogen-bond donors (Lipinski definition) is 1. The predicted octanol–water partition coefficient (Wildman–Crippen LogP) is 1.44. The van der Waals surface area contributed by atoms with Crippen LogP contribution in [-0.2, 0) is 10.0 Å². The molecule has 1 saturated heterocycles. The van der Waals surface area contributed by atoms with E-state index in [-0.39, 0.29) is 16.4 Å². The number of methoxy groups -OCH3 is 1. The Balaban J connectivity index is 2.36. The minimum Gasteiger partial charge on any atom is -0.495 e. The van der Waals surface area contributed by atoms with Crippen LogP contribution in [0.5, 0.6) is 5.75 Å². The maximum absolute atomic E-state index is 12.8. The standard InChI is InChI=1S/C14H22N2O3S/c1-14(2)10-16(9-8-13(14)15)20(17,18)12-7-5-4-6-11(12)19-3/h4-7,13H,8-10,15H2,1-3H3. The smallest absolute Gasteiger partial charge is 0.246 e. The normalized spacial score (nSPS) is 23.5. The third kappa shape index (κ3) is 2.68. The number of rotatable bonds is 3. The molecule has 0 bridgehead atoms. The molecule has 0 spiro atoms. The second-order valence-electron chi connectivity index (χ2n) is 5.87. The first-order valence-corrected chi connectivity index (χ1v) is 8.12. The van der Waals surface area contributed by atoms with Crippen molar-refractivity contribution in [1.29, 1.82) is 0 Å². The number of sulfonamides is 1. The fourth-order valence-electron chi connectivity index (χ4n) is 2.50. The summed E-state index contributed by atoms with van der Waals surface area (Å²) in [6.07, 6.45) is 0.668. The van der Waals surface area contributed by atoms with Crippen LogP contribution in [0.2, 0.25) is 0 Å². The van der Waals surface area contributed by atoms with Crippen LogP contribution >= 0.6 is 0 Å². The lowest BCUT2D eigenvalue weighted by Crippen LogP contribution is -2.53. The van der Waals surface area contributed by atoms with Crippen LogP contribution in [0.25, 0.3) is 0 Å². The van der Waals surface area contributed by atoms with Crippen LogP contribution in [0.15, 0.2) is 29.2 Å². The van der Waals surface area contributed by atoms with E-state index < -0.39 is 10.0 Å². The van der Waals surface area contributed by atoms with Crippen molar-refractivity contribution in [3.05, 3.63) is 24.3 Å². The quantitative estimate of drug-likeness (QED) is 0.916. The molecule has 1 heterocycles. The van der Waals surface area contributed by atoms with E-state index in [0.29, 0.717) is 25.3 Å². The Morgan fingerprint density at radius 3 is 2.60 bits per heavy atom. The van der Waals surface area contributed by atoms with E-state index in [0.717, 1.165) is 0 Å². The molecular weight excluding hydrogens is 276 g/mol. The van der Waals surface area contributed by atoms with Gasteiger partial charge < -0.3 is 10.5 Å². The van der Waals surface area contributed by atoms with Gasteiger partial charge in [-0.25, -0.2) is 8.42 Å². The third-order valence-corrected chi connectivity index (χ3v) is 5.85. The molecule has 1 unspecified atom stereocenters. The van der Waals surface area contributed by atoms with Crippen molar-refractivity contribution in [2.24, 2.45) is 11.1 Å². The first-order chi connectivity index (χ1) is 9.29. The fourth-order valence-corrected chi connectivity index (χ4v) is 4.28. The SMILES string of the molecule is COc1ccccc1S(=O)(=O)N1CCC(N)C(C)(C)C1. The van der Waals surface area contributed by atoms with Gasteiger partial charge in [-0.3, -0.25) is 0 Å². The zero-order chi connectivity index (χ0) is 15.0. The van der Waals surface area contributed by atoms with Crippen LogP contribution in [0.4, 0.5) is 0 Å². The minimum absolute atomic E-state index is 0.0200. The van der Waals surface area contributed by atoms with E-state index in [1.807, 2.05) is 13.8 Å². The van der Waals surface area contributed by atoms with Crippen molar-refractivity contribution in [2.45, 2.75) is 31.2 Å². The fraction of sp³-hybridized carbons (Fsp3) is 0.571. The Morgan fingerprint density at radius 1 is 1.35 bits per heavy atom. The molecule has 0 aromatic heterocycles. The van der Waals surface area contributed by atoms with Crippen LogP contribution < -0.4 is 10.5 Å². The molecule has 20 heavy (non-hydrogen) atoms. The molecule has 112 valence electrons. The van der Waals surface area contributed by atoms with Gasteiger partial charge in [0.1, 0.15) is 10.6 Å². The van der Waals surface area contributed by atoms with E-state index in [1.165, 1.54) is 11.4 Å². The van der Waals surface area contributed by atoms with E-state index >= 15 is 0 Å². The second kappa shape index (κ2) is 5.35. The molecule has 6 heteroatoms. The van der Waals surface area contributed by atoms with E-state index in [1.54, 1.807) is 24.3 Å². The summed E-state index contributed by atoms with van der Waals surface area (Å²) in [4.78, 5) is 0.216. The predicted molar refractivity (Wildman–Crippen MR) is 78.1 cm³/mol. The van der Waals surface area contributed by atoms with Gasteiger partial charge in [-0.1, -0.05) is 26.0 Å². The molecule has 1 aromatic carbocycles. The summed E-state index contributed by atoms with van der Waals surface area (Å²) in [5.74, 6) is 0.375. The number of piperidine rings is 1. The van der Waals surface area contributed by atoms with Crippen molar-refractivity contribution in [3.63, 3.8) is 0 Å². The largest absolute Gasteiger partial charge is 0.495 e. The molecule has 0 aliphatic carbocycles. The van der Waals surface area contributed by atoms with Crippen LogP contribution in [0, 0.1) is 5.41 Å². The molecule has 5 nitrogen and oxygen atoms in total. The molecular formula is C14H22N2O3S. The zero-order valence-corrected chi connectivity index (χ0v) is 13.0. The lowest BCUT2D eigenvalue weighted by Gasteiger charge is -2.41. The summed E-state index contributed by atoms with van der Waals surface area (Å²) >= 11 is 0. The van der Waals surface area contributed by atoms with E-state index in [2.05, 4.69) is 0 Å². The number of hydrogen-bond acceptors (Lipinski definition) is 4. The van der Waals surface area contributed by atoms with Crippen molar-refractivity contribution < 1.29 is 13.2 Å². The number of nitrogens with two attached hydrogens (primary N) is 1. The van der Waals surface area contributed by atoms with Gasteiger partial charge in [0.25, 0.3) is 0 Å². The van der Waals surface area contributed by atoms with Crippen molar-refractivity contribution in [1.82, 2.24) is 4.31 Å². The Morgan fingerprint density at radius 2 is 2.00 bits per heavy atom. The molecule has 1 aliphatic rings. The highest BCUT2D eigenvalue weighted by Gasteiger charge is 2.39. The Labute approximate surface area is 120 Å². The number of benzene rings is 1. The Hall–Kier alpha value is -1.11. The van der Waals surface area contributed by atoms with Crippen molar-refractivity contribution in [3.8, 4) is 5.75 Å². The highest BCUT2D eigenvalue weighted by atomic mass is 32.2. The van der Waals surface area contributed by atoms with Gasteiger partial charge in [0.15, 0.2) is 0 Å². The third-order valence-electron chi connectivity index (χ3n) is 3.96. The lowest BCUT2D eigenvalue weighted by molar-refractivity contribution is 0.155. The molecule has 1 aromatic rings. The average Bonchev–Trinajstić information content (AvgIpc) is 2.41. The molecule has 0 radical (unpaired) electrons. The highest BCUT2D eigenvalue weighted by Crippen LogP contribution is 2.33. The first-order valence-electron chi connectivity index (χ1n) is 6.68. The summed E-state index contributed by atoms with van der Waals surface area (Å²) in [5.41, 5.74) is 5.84. The maximum Gasteiger partial charge on any atom is 0.246 e. The first kappa shape index (κ1) is 15.3. The van der Waals surface area contributed by atoms with Gasteiger partial charge in [0, 0.05) is 19.1 Å². The van der Waals surface area contributed by atoms with Gasteiger partial charge in [-0.2, -0.15) is 4.31 Å². The number of nitrogens with zero attached hydrogens (tertiary/aromatic N) is 1. The molecule has 2 N–H and O–H groups in total. The summed E-state index contributed by atoms with van der Waals surface area (Å²) < 4.78 is 32.2. The van der Waals surface area contributed by atoms with Gasteiger partial charge in [0.05, 0.1) is 7.11 Å². The Kier molecular flexibility index (Phi) is 4.09. The molecule has 1 aliphatic heterocycles. The van der Waals surface area contributed by atoms with Gasteiger partial charge in [-0.05, 0) is 24.0 Å². The maximum atomic E-state index is 12.8. The van der Waals surface area contributed by atoms with Crippen molar-refractivity contribution >= 4 is 10.0 Å². The topological polar surface area (TPSA) is 72.6 Å². The molecule has 2 rings (SSSR count). The highest BCUT2D eigenvalue weighted by molar-refractivity contribution is 7.89. The Bertz CT molecular complexity index is 584. The van der Waals surface area contributed by atoms with Crippen molar-refractivity contribution in [2.75, 3.05) is 20.2 Å². The minimum atomic E-state index is -3.55. The summed E-state index contributed by atoms with van der Waals surface area (Å²) in [6, 6.07) is 6.72. The average molecular weight is 298 g/mol. The lowest BCUT2D eigenvalue weighted by atomic mass is 9.81. The molecule has 0 amide bonds. The van der Waals surface area contributed by atoms with Crippen LogP contribution in [-0.4, -0.2) is 39.0 Å². The van der Waals surface area contributed by atoms with E-state index in [4.69, 9.17) is 10.5 Å². The number of para-hydroxylation sites is 1. The van der Waals surface area contributed by atoms with Crippen LogP contribution in [0.1, 0.15) is 20.3 Å². The van der Waals surface area contributed by atoms with Crippen LogP contribution in [0.3, 0.4) is 0 Å². The molecule has 1 fully saturated rings. The van der Waals surface area contributed by atoms with Gasteiger partial charge >= 0.3 is 0 Å². The summed E-state index contributed by atoms with van der Waals surface area (Å²) in [6.45, 7) is 4.88. The van der Waals surface area contributed by atoms with Gasteiger partial charge in [0.2, 0.25) is 10.0 Å². The molecule has 0 saturated carbocycles. The second-order valence-corrected chi connectivity index (χ2v) is 7.78. The van der Waals surface area contributed by atoms with Gasteiger partial charge in [-0.15, -0.1) is 0 Å². The summed E-state index contributed by atoms with van der Waals surface area (Å²) in [5, 5.41) is 0. The van der Waals surface area contributed by atoms with E-state index in [9.17, 15) is 8.42 Å². The summed E-state index contributed by atoms with van der Waals surface area (Å²) in [7, 11) is -2.07. The zero-order valence-electron chi connectivity index (χ0n) is 12.2. The number of ether oxygens (including phenoxy) is 1. The molecule has 1 atom stereocenters. The monoisotopic (exact) mass is 298 g/mol.